The summed E-state index contributed by atoms with van der Waals surface area (Å²) in [5.74, 6) is 0. The second-order valence-electron chi connectivity index (χ2n) is 4.06. The van der Waals surface area contributed by atoms with E-state index in [1.165, 1.54) is 0 Å². The number of aromatic amines is 1. The fourth-order valence-electron chi connectivity index (χ4n) is 1.49. The van der Waals surface area contributed by atoms with E-state index in [4.69, 9.17) is 0 Å². The van der Waals surface area contributed by atoms with Crippen LogP contribution in [0.15, 0.2) is 27.3 Å². The van der Waals surface area contributed by atoms with Gasteiger partial charge in [-0.05, 0) is 25.5 Å². The van der Waals surface area contributed by atoms with Crippen molar-refractivity contribution in [3.8, 4) is 0 Å². The van der Waals surface area contributed by atoms with E-state index in [9.17, 15) is 13.2 Å². The lowest BCUT2D eigenvalue weighted by Gasteiger charge is -2.05. The van der Waals surface area contributed by atoms with Gasteiger partial charge in [0.2, 0.25) is 0 Å². The molecule has 8 heteroatoms. The normalized spacial score (nSPS) is 11.7. The molecule has 0 aliphatic rings. The summed E-state index contributed by atoms with van der Waals surface area (Å²) in [4.78, 5) is 17.3. The van der Waals surface area contributed by atoms with Crippen LogP contribution in [0.1, 0.15) is 17.0 Å². The summed E-state index contributed by atoms with van der Waals surface area (Å²) < 4.78 is 26.5. The Morgan fingerprint density at radius 3 is 2.63 bits per heavy atom. The molecule has 0 radical (unpaired) electrons. The first-order chi connectivity index (χ1) is 8.88. The number of aromatic nitrogens is 2. The van der Waals surface area contributed by atoms with Crippen molar-refractivity contribution < 1.29 is 8.42 Å². The average Bonchev–Trinajstić information content (AvgIpc) is 2.69. The van der Waals surface area contributed by atoms with E-state index in [-0.39, 0.29) is 15.6 Å². The molecule has 0 aliphatic heterocycles. The van der Waals surface area contributed by atoms with Gasteiger partial charge in [-0.15, -0.1) is 0 Å². The largest absolute Gasteiger partial charge is 0.315 e. The Kier molecular flexibility index (Phi) is 3.83. The molecular formula is C11H13N3O3S2. The van der Waals surface area contributed by atoms with Gasteiger partial charge in [0.1, 0.15) is 0 Å². The van der Waals surface area contributed by atoms with Crippen LogP contribution in [0.3, 0.4) is 0 Å². The van der Waals surface area contributed by atoms with Crippen molar-refractivity contribution >= 4 is 21.4 Å². The molecule has 0 atom stereocenters. The highest BCUT2D eigenvalue weighted by molar-refractivity contribution is 7.91. The number of pyridine rings is 1. The zero-order chi connectivity index (χ0) is 14.0. The van der Waals surface area contributed by atoms with Crippen LogP contribution in [0.25, 0.3) is 0 Å². The van der Waals surface area contributed by atoms with Gasteiger partial charge in [0.15, 0.2) is 4.21 Å². The molecule has 2 heterocycles. The van der Waals surface area contributed by atoms with Gasteiger partial charge in [0.25, 0.3) is 10.0 Å². The first-order valence-electron chi connectivity index (χ1n) is 5.49. The summed E-state index contributed by atoms with van der Waals surface area (Å²) in [7, 11) is -3.67. The van der Waals surface area contributed by atoms with Crippen molar-refractivity contribution in [1.29, 1.82) is 0 Å². The fourth-order valence-corrected chi connectivity index (χ4v) is 3.85. The Bertz CT molecular complexity index is 729. The second-order valence-corrected chi connectivity index (χ2v) is 7.00. The molecule has 0 saturated carbocycles. The number of nitrogens with one attached hydrogen (secondary N) is 2. The molecule has 2 aromatic rings. The molecule has 6 nitrogen and oxygen atoms in total. The van der Waals surface area contributed by atoms with E-state index in [0.717, 1.165) is 11.3 Å². The topological polar surface area (TPSA) is 91.9 Å². The van der Waals surface area contributed by atoms with Gasteiger partial charge in [-0.25, -0.2) is 13.1 Å². The zero-order valence-electron chi connectivity index (χ0n) is 10.4. The maximum Gasteiger partial charge on any atom is 0.305 e. The monoisotopic (exact) mass is 299 g/mol. The maximum absolute atomic E-state index is 12.0. The molecule has 19 heavy (non-hydrogen) atoms. The van der Waals surface area contributed by atoms with Crippen LogP contribution in [0.2, 0.25) is 0 Å². The molecule has 0 aliphatic carbocycles. The highest BCUT2D eigenvalue weighted by Gasteiger charge is 2.20. The predicted octanol–water partition coefficient (Wildman–Crippen LogP) is 0.927. The lowest BCUT2D eigenvalue weighted by molar-refractivity contribution is 0.582. The van der Waals surface area contributed by atoms with Crippen LogP contribution in [0.4, 0.5) is 0 Å². The third kappa shape index (κ3) is 3.28. The Labute approximate surface area is 114 Å². The van der Waals surface area contributed by atoms with Gasteiger partial charge in [0, 0.05) is 24.1 Å². The van der Waals surface area contributed by atoms with Crippen LogP contribution in [0, 0.1) is 13.8 Å². The SMILES string of the molecule is Cc1ccc(CNS(=O)(=O)c2sc(=O)[nH]c2C)cn1. The van der Waals surface area contributed by atoms with Crippen LogP contribution in [-0.2, 0) is 16.6 Å². The Hall–Kier alpha value is -1.51. The summed E-state index contributed by atoms with van der Waals surface area (Å²) in [5.41, 5.74) is 1.98. The molecule has 2 N–H and O–H groups in total. The van der Waals surface area contributed by atoms with Crippen LogP contribution in [0.5, 0.6) is 0 Å². The second kappa shape index (κ2) is 5.24. The van der Waals surface area contributed by atoms with Crippen molar-refractivity contribution in [2.45, 2.75) is 24.6 Å². The number of hydrogen-bond donors (Lipinski definition) is 2. The first-order valence-corrected chi connectivity index (χ1v) is 7.79. The van der Waals surface area contributed by atoms with Gasteiger partial charge in [0.05, 0.1) is 0 Å². The van der Waals surface area contributed by atoms with Gasteiger partial charge in [-0.3, -0.25) is 9.78 Å². The van der Waals surface area contributed by atoms with Gasteiger partial charge in [-0.1, -0.05) is 17.4 Å². The third-order valence-corrected chi connectivity index (χ3v) is 5.47. The first kappa shape index (κ1) is 13.9. The number of aryl methyl sites for hydroxylation is 2. The van der Waals surface area contributed by atoms with Crippen LogP contribution in [-0.4, -0.2) is 18.4 Å². The molecule has 2 rings (SSSR count). The maximum atomic E-state index is 12.0. The van der Waals surface area contributed by atoms with Crippen molar-refractivity contribution in [2.24, 2.45) is 0 Å². The van der Waals surface area contributed by atoms with E-state index < -0.39 is 10.0 Å². The Morgan fingerprint density at radius 1 is 1.37 bits per heavy atom. The summed E-state index contributed by atoms with van der Waals surface area (Å²) in [6.45, 7) is 3.55. The van der Waals surface area contributed by atoms with Crippen molar-refractivity contribution in [1.82, 2.24) is 14.7 Å². The Morgan fingerprint density at radius 2 is 2.11 bits per heavy atom. The highest BCUT2D eigenvalue weighted by atomic mass is 32.2. The van der Waals surface area contributed by atoms with E-state index in [1.807, 2.05) is 13.0 Å². The van der Waals surface area contributed by atoms with Crippen molar-refractivity contribution in [2.75, 3.05) is 0 Å². The van der Waals surface area contributed by atoms with E-state index in [1.54, 1.807) is 19.2 Å². The minimum atomic E-state index is -3.67. The molecule has 2 aromatic heterocycles. The Balaban J connectivity index is 2.16. The van der Waals surface area contributed by atoms with E-state index >= 15 is 0 Å². The number of nitrogens with zero attached hydrogens (tertiary/aromatic N) is 1. The molecule has 0 spiro atoms. The number of H-pyrrole nitrogens is 1. The summed E-state index contributed by atoms with van der Waals surface area (Å²) in [6.07, 6.45) is 1.62. The minimum Gasteiger partial charge on any atom is -0.315 e. The van der Waals surface area contributed by atoms with Gasteiger partial charge >= 0.3 is 4.87 Å². The lowest BCUT2D eigenvalue weighted by atomic mass is 10.2. The number of rotatable bonds is 4. The number of sulfonamides is 1. The molecule has 0 bridgehead atoms. The quantitative estimate of drug-likeness (QED) is 0.878. The molecule has 0 saturated heterocycles. The van der Waals surface area contributed by atoms with Gasteiger partial charge < -0.3 is 4.98 Å². The molecule has 0 aromatic carbocycles. The average molecular weight is 299 g/mol. The molecule has 0 amide bonds. The molecule has 0 unspecified atom stereocenters. The van der Waals surface area contributed by atoms with Crippen LogP contribution < -0.4 is 9.60 Å². The summed E-state index contributed by atoms with van der Waals surface area (Å²) in [6, 6.07) is 3.61. The lowest BCUT2D eigenvalue weighted by Crippen LogP contribution is -2.23. The molecule has 102 valence electrons. The fraction of sp³-hybridized carbons (Fsp3) is 0.273. The predicted molar refractivity (Wildman–Crippen MR) is 72.7 cm³/mol. The summed E-state index contributed by atoms with van der Waals surface area (Å²) in [5, 5.41) is 0. The van der Waals surface area contributed by atoms with E-state index in [2.05, 4.69) is 14.7 Å². The van der Waals surface area contributed by atoms with Crippen LogP contribution >= 0.6 is 11.3 Å². The van der Waals surface area contributed by atoms with Crippen molar-refractivity contribution in [3.63, 3.8) is 0 Å². The zero-order valence-corrected chi connectivity index (χ0v) is 12.1. The summed E-state index contributed by atoms with van der Waals surface area (Å²) >= 11 is 0.682. The van der Waals surface area contributed by atoms with Crippen molar-refractivity contribution in [3.05, 3.63) is 44.9 Å². The molecule has 0 fully saturated rings. The highest BCUT2D eigenvalue weighted by Crippen LogP contribution is 2.15. The smallest absolute Gasteiger partial charge is 0.305 e. The minimum absolute atomic E-state index is 0.0255. The van der Waals surface area contributed by atoms with Gasteiger partial charge in [-0.2, -0.15) is 0 Å². The third-order valence-electron chi connectivity index (χ3n) is 2.46. The van der Waals surface area contributed by atoms with E-state index in [0.29, 0.717) is 17.0 Å². The molecular weight excluding hydrogens is 286 g/mol. The number of thiazole rings is 1. The standard InChI is InChI=1S/C11H13N3O3S2/c1-7-3-4-9(5-12-7)6-13-19(16,17)10-8(2)14-11(15)18-10/h3-5,13H,6H2,1-2H3,(H,14,15). The number of hydrogen-bond acceptors (Lipinski definition) is 5.